The van der Waals surface area contributed by atoms with Crippen molar-refractivity contribution in [2.75, 3.05) is 4.90 Å². The molecule has 4 nitrogen and oxygen atoms in total. The second kappa shape index (κ2) is 3.14. The first-order valence-corrected chi connectivity index (χ1v) is 4.42. The summed E-state index contributed by atoms with van der Waals surface area (Å²) in [6, 6.07) is 8.91. The molecule has 4 heteroatoms. The zero-order valence-electron chi connectivity index (χ0n) is 7.84. The highest BCUT2D eigenvalue weighted by Crippen LogP contribution is 2.18. The molecule has 1 aromatic carbocycles. The minimum absolute atomic E-state index is 0.0753. The fourth-order valence-corrected chi connectivity index (χ4v) is 1.45. The average molecular weight is 189 g/mol. The molecular weight excluding hydrogens is 178 g/mol. The Bertz CT molecular complexity index is 386. The second-order valence-corrected chi connectivity index (χ2v) is 3.17. The van der Waals surface area contributed by atoms with Gasteiger partial charge in [0.2, 0.25) is 5.96 Å². The average Bonchev–Trinajstić information content (AvgIpc) is 2.43. The van der Waals surface area contributed by atoms with Crippen LogP contribution in [-0.4, -0.2) is 17.9 Å². The Hall–Kier alpha value is -1.84. The minimum atomic E-state index is -0.366. The molecule has 1 atom stereocenters. The number of hydrogen-bond donors (Lipinski definition) is 1. The lowest BCUT2D eigenvalue weighted by atomic mass is 10.2. The quantitative estimate of drug-likeness (QED) is 0.708. The number of rotatable bonds is 1. The van der Waals surface area contributed by atoms with Crippen LogP contribution >= 0.6 is 0 Å². The summed E-state index contributed by atoms with van der Waals surface area (Å²) in [6.07, 6.45) is 0. The third-order valence-electron chi connectivity index (χ3n) is 2.15. The summed E-state index contributed by atoms with van der Waals surface area (Å²) in [5.74, 6) is 0.197. The van der Waals surface area contributed by atoms with E-state index in [0.29, 0.717) is 0 Å². The number of nitrogens with zero attached hydrogens (tertiary/aromatic N) is 2. The van der Waals surface area contributed by atoms with Gasteiger partial charge in [-0.25, -0.2) is 9.89 Å². The standard InChI is InChI=1S/C10H11N3O/c1-7-9(14)13(10(11)12-7)8-5-3-2-4-6-8/h2-7H,1H3,(H2,11,12). The highest BCUT2D eigenvalue weighted by Gasteiger charge is 2.30. The predicted octanol–water partition coefficient (Wildman–Crippen LogP) is 0.736. The van der Waals surface area contributed by atoms with Gasteiger partial charge in [-0.15, -0.1) is 0 Å². The summed E-state index contributed by atoms with van der Waals surface area (Å²) in [7, 11) is 0. The zero-order valence-corrected chi connectivity index (χ0v) is 7.84. The number of carbonyl (C=O) groups excluding carboxylic acids is 1. The van der Waals surface area contributed by atoms with Crippen molar-refractivity contribution in [2.24, 2.45) is 10.7 Å². The Morgan fingerprint density at radius 1 is 1.36 bits per heavy atom. The van der Waals surface area contributed by atoms with E-state index >= 15 is 0 Å². The van der Waals surface area contributed by atoms with Crippen LogP contribution in [0.25, 0.3) is 0 Å². The van der Waals surface area contributed by atoms with Crippen LogP contribution in [0.4, 0.5) is 5.69 Å². The first kappa shape index (κ1) is 8.74. The number of anilines is 1. The molecule has 0 aliphatic carbocycles. The molecule has 1 unspecified atom stereocenters. The van der Waals surface area contributed by atoms with Crippen molar-refractivity contribution in [3.8, 4) is 0 Å². The SMILES string of the molecule is CC1N=C(N)N(c2ccccc2)C1=O. The van der Waals surface area contributed by atoms with E-state index in [1.165, 1.54) is 4.90 Å². The van der Waals surface area contributed by atoms with Gasteiger partial charge in [-0.05, 0) is 19.1 Å². The van der Waals surface area contributed by atoms with E-state index in [0.717, 1.165) is 5.69 Å². The molecule has 1 aliphatic rings. The number of aliphatic imine (C=N–C) groups is 1. The molecule has 0 bridgehead atoms. The monoisotopic (exact) mass is 189 g/mol. The van der Waals surface area contributed by atoms with Gasteiger partial charge in [-0.3, -0.25) is 4.79 Å². The van der Waals surface area contributed by atoms with E-state index in [2.05, 4.69) is 4.99 Å². The largest absolute Gasteiger partial charge is 0.369 e. The van der Waals surface area contributed by atoms with E-state index < -0.39 is 0 Å². The van der Waals surface area contributed by atoms with Crippen LogP contribution in [0.15, 0.2) is 35.3 Å². The topological polar surface area (TPSA) is 58.7 Å². The number of amides is 1. The van der Waals surface area contributed by atoms with Crippen molar-refractivity contribution in [1.29, 1.82) is 0 Å². The molecule has 14 heavy (non-hydrogen) atoms. The Morgan fingerprint density at radius 2 is 2.00 bits per heavy atom. The summed E-state index contributed by atoms with van der Waals surface area (Å²) in [6.45, 7) is 1.73. The molecule has 1 heterocycles. The van der Waals surface area contributed by atoms with Crippen molar-refractivity contribution in [3.05, 3.63) is 30.3 Å². The van der Waals surface area contributed by atoms with Gasteiger partial charge in [-0.1, -0.05) is 18.2 Å². The van der Waals surface area contributed by atoms with E-state index in [1.54, 1.807) is 6.92 Å². The van der Waals surface area contributed by atoms with E-state index in [4.69, 9.17) is 5.73 Å². The van der Waals surface area contributed by atoms with Crippen molar-refractivity contribution < 1.29 is 4.79 Å². The van der Waals surface area contributed by atoms with E-state index in [-0.39, 0.29) is 17.9 Å². The number of carbonyl (C=O) groups is 1. The number of para-hydroxylation sites is 1. The Kier molecular flexibility index (Phi) is 1.96. The molecule has 0 saturated carbocycles. The van der Waals surface area contributed by atoms with Crippen molar-refractivity contribution >= 4 is 17.6 Å². The van der Waals surface area contributed by atoms with Gasteiger partial charge in [-0.2, -0.15) is 0 Å². The van der Waals surface area contributed by atoms with Crippen LogP contribution in [0, 0.1) is 0 Å². The molecule has 2 N–H and O–H groups in total. The van der Waals surface area contributed by atoms with Crippen LogP contribution < -0.4 is 10.6 Å². The third kappa shape index (κ3) is 1.25. The molecular formula is C10H11N3O. The highest BCUT2D eigenvalue weighted by molar-refractivity contribution is 6.21. The molecule has 0 saturated heterocycles. The third-order valence-corrected chi connectivity index (χ3v) is 2.15. The Labute approximate surface area is 82.0 Å². The molecule has 0 fully saturated rings. The van der Waals surface area contributed by atoms with Gasteiger partial charge >= 0.3 is 0 Å². The first-order valence-electron chi connectivity index (χ1n) is 4.42. The van der Waals surface area contributed by atoms with Gasteiger partial charge in [0.1, 0.15) is 6.04 Å². The maximum atomic E-state index is 11.6. The molecule has 1 aromatic rings. The second-order valence-electron chi connectivity index (χ2n) is 3.17. The fraction of sp³-hybridized carbons (Fsp3) is 0.200. The summed E-state index contributed by atoms with van der Waals surface area (Å²) in [5, 5.41) is 0. The van der Waals surface area contributed by atoms with Gasteiger partial charge in [0, 0.05) is 0 Å². The molecule has 0 radical (unpaired) electrons. The number of nitrogens with two attached hydrogens (primary N) is 1. The van der Waals surface area contributed by atoms with Gasteiger partial charge in [0.25, 0.3) is 5.91 Å². The van der Waals surface area contributed by atoms with Crippen LogP contribution in [0.2, 0.25) is 0 Å². The Morgan fingerprint density at radius 3 is 2.50 bits per heavy atom. The minimum Gasteiger partial charge on any atom is -0.369 e. The van der Waals surface area contributed by atoms with Gasteiger partial charge < -0.3 is 5.73 Å². The summed E-state index contributed by atoms with van der Waals surface area (Å²) < 4.78 is 0. The normalized spacial score (nSPS) is 21.2. The van der Waals surface area contributed by atoms with E-state index in [1.807, 2.05) is 30.3 Å². The lowest BCUT2D eigenvalue weighted by molar-refractivity contribution is -0.117. The van der Waals surface area contributed by atoms with Crippen molar-refractivity contribution in [2.45, 2.75) is 13.0 Å². The van der Waals surface area contributed by atoms with Crippen LogP contribution in [0.3, 0.4) is 0 Å². The zero-order chi connectivity index (χ0) is 10.1. The van der Waals surface area contributed by atoms with Crippen LogP contribution in [-0.2, 0) is 4.79 Å². The molecule has 0 spiro atoms. The molecule has 0 aromatic heterocycles. The lowest BCUT2D eigenvalue weighted by Gasteiger charge is -2.15. The molecule has 1 amide bonds. The van der Waals surface area contributed by atoms with Crippen molar-refractivity contribution in [1.82, 2.24) is 0 Å². The smallest absolute Gasteiger partial charge is 0.258 e. The number of guanidine groups is 1. The van der Waals surface area contributed by atoms with Crippen LogP contribution in [0.1, 0.15) is 6.92 Å². The summed E-state index contributed by atoms with van der Waals surface area (Å²) >= 11 is 0. The van der Waals surface area contributed by atoms with Crippen LogP contribution in [0.5, 0.6) is 0 Å². The molecule has 72 valence electrons. The summed E-state index contributed by atoms with van der Waals surface area (Å²) in [5.41, 5.74) is 6.41. The number of hydrogen-bond acceptors (Lipinski definition) is 3. The fourth-order valence-electron chi connectivity index (χ4n) is 1.45. The van der Waals surface area contributed by atoms with Gasteiger partial charge in [0.15, 0.2) is 0 Å². The number of benzene rings is 1. The lowest BCUT2D eigenvalue weighted by Crippen LogP contribution is -2.38. The van der Waals surface area contributed by atoms with Gasteiger partial charge in [0.05, 0.1) is 5.69 Å². The predicted molar refractivity (Wildman–Crippen MR) is 55.0 cm³/mol. The first-order chi connectivity index (χ1) is 6.70. The Balaban J connectivity index is 2.37. The molecule has 2 rings (SSSR count). The maximum Gasteiger partial charge on any atom is 0.258 e. The maximum absolute atomic E-state index is 11.6. The van der Waals surface area contributed by atoms with E-state index in [9.17, 15) is 4.79 Å². The van der Waals surface area contributed by atoms with Crippen molar-refractivity contribution in [3.63, 3.8) is 0 Å². The summed E-state index contributed by atoms with van der Waals surface area (Å²) in [4.78, 5) is 17.1. The highest BCUT2D eigenvalue weighted by atomic mass is 16.2. The molecule has 1 aliphatic heterocycles.